The normalized spacial score (nSPS) is 11.8. The molecule has 140 valence electrons. The molecule has 0 aliphatic carbocycles. The van der Waals surface area contributed by atoms with Crippen molar-refractivity contribution in [2.75, 3.05) is 7.11 Å². The third-order valence-corrected chi connectivity index (χ3v) is 4.55. The van der Waals surface area contributed by atoms with E-state index in [9.17, 15) is 4.79 Å². The van der Waals surface area contributed by atoms with E-state index in [0.717, 1.165) is 33.7 Å². The quantitative estimate of drug-likeness (QED) is 0.672. The van der Waals surface area contributed by atoms with E-state index in [1.54, 1.807) is 13.4 Å². The van der Waals surface area contributed by atoms with Crippen molar-refractivity contribution in [1.29, 1.82) is 0 Å². The molecule has 1 heterocycles. The van der Waals surface area contributed by atoms with Crippen molar-refractivity contribution in [1.82, 2.24) is 10.5 Å². The van der Waals surface area contributed by atoms with Gasteiger partial charge in [0.2, 0.25) is 5.91 Å². The highest BCUT2D eigenvalue weighted by Gasteiger charge is 2.14. The number of carbonyl (C=O) groups is 1. The van der Waals surface area contributed by atoms with Gasteiger partial charge in [-0.15, -0.1) is 0 Å². The fourth-order valence-electron chi connectivity index (χ4n) is 3.00. The van der Waals surface area contributed by atoms with Crippen LogP contribution < -0.4 is 10.1 Å². The van der Waals surface area contributed by atoms with Crippen molar-refractivity contribution >= 4 is 5.91 Å². The number of ether oxygens (including phenoxy) is 1. The molecule has 0 bridgehead atoms. The molecule has 2 aromatic carbocycles. The maximum atomic E-state index is 12.4. The molecule has 0 saturated heterocycles. The van der Waals surface area contributed by atoms with Crippen LogP contribution in [0.5, 0.6) is 5.75 Å². The summed E-state index contributed by atoms with van der Waals surface area (Å²) in [6.07, 6.45) is 2.58. The largest absolute Gasteiger partial charge is 0.497 e. The second-order valence-corrected chi connectivity index (χ2v) is 6.62. The van der Waals surface area contributed by atoms with E-state index in [4.69, 9.17) is 9.26 Å². The smallest absolute Gasteiger partial charge is 0.220 e. The first-order chi connectivity index (χ1) is 13.1. The van der Waals surface area contributed by atoms with Crippen LogP contribution in [0.25, 0.3) is 11.3 Å². The Balaban J connectivity index is 1.59. The monoisotopic (exact) mass is 364 g/mol. The van der Waals surface area contributed by atoms with Crippen LogP contribution in [0.3, 0.4) is 0 Å². The third-order valence-electron chi connectivity index (χ3n) is 4.55. The minimum atomic E-state index is -0.0675. The Kier molecular flexibility index (Phi) is 5.91. The summed E-state index contributed by atoms with van der Waals surface area (Å²) < 4.78 is 10.3. The highest BCUT2D eigenvalue weighted by molar-refractivity contribution is 5.77. The Morgan fingerprint density at radius 1 is 1.22 bits per heavy atom. The predicted octanol–water partition coefficient (Wildman–Crippen LogP) is 4.47. The van der Waals surface area contributed by atoms with E-state index < -0.39 is 0 Å². The molecule has 1 N–H and O–H groups in total. The Hall–Kier alpha value is -3.08. The summed E-state index contributed by atoms with van der Waals surface area (Å²) >= 11 is 0. The maximum absolute atomic E-state index is 12.4. The number of methoxy groups -OCH3 is 1. The van der Waals surface area contributed by atoms with Gasteiger partial charge in [-0.05, 0) is 44.0 Å². The lowest BCUT2D eigenvalue weighted by atomic mass is 10.0. The Bertz CT molecular complexity index is 900. The van der Waals surface area contributed by atoms with Gasteiger partial charge in [-0.1, -0.05) is 41.1 Å². The molecule has 1 amide bonds. The molecular formula is C22H24N2O3. The minimum absolute atomic E-state index is 0.00490. The van der Waals surface area contributed by atoms with Crippen LogP contribution in [0.4, 0.5) is 0 Å². The molecule has 1 atom stereocenters. The van der Waals surface area contributed by atoms with Crippen molar-refractivity contribution in [2.24, 2.45) is 0 Å². The van der Waals surface area contributed by atoms with E-state index in [1.807, 2.05) is 56.3 Å². The molecule has 0 spiro atoms. The van der Waals surface area contributed by atoms with Gasteiger partial charge >= 0.3 is 0 Å². The van der Waals surface area contributed by atoms with Crippen LogP contribution >= 0.6 is 0 Å². The maximum Gasteiger partial charge on any atom is 0.220 e. The van der Waals surface area contributed by atoms with Gasteiger partial charge in [0.1, 0.15) is 17.7 Å². The van der Waals surface area contributed by atoms with Crippen LogP contribution in [-0.4, -0.2) is 18.2 Å². The van der Waals surface area contributed by atoms with Crippen LogP contribution in [0.15, 0.2) is 59.3 Å². The lowest BCUT2D eigenvalue weighted by Crippen LogP contribution is -2.26. The van der Waals surface area contributed by atoms with E-state index >= 15 is 0 Å². The SMILES string of the molecule is COc1ccc([C@@H](C)NC(=O)CCc2conc2-c2cccc(C)c2)cc1. The molecule has 1 aromatic heterocycles. The zero-order valence-corrected chi connectivity index (χ0v) is 15.9. The zero-order valence-electron chi connectivity index (χ0n) is 15.9. The molecule has 0 fully saturated rings. The number of carbonyl (C=O) groups excluding carboxylic acids is 1. The van der Waals surface area contributed by atoms with Gasteiger partial charge in [0.05, 0.1) is 13.2 Å². The molecule has 3 aromatic rings. The number of nitrogens with zero attached hydrogens (tertiary/aromatic N) is 1. The van der Waals surface area contributed by atoms with Crippen LogP contribution in [0.2, 0.25) is 0 Å². The number of amides is 1. The molecule has 0 aliphatic heterocycles. The molecular weight excluding hydrogens is 340 g/mol. The highest BCUT2D eigenvalue weighted by atomic mass is 16.5. The lowest BCUT2D eigenvalue weighted by molar-refractivity contribution is -0.121. The number of hydrogen-bond acceptors (Lipinski definition) is 4. The number of nitrogens with one attached hydrogen (secondary N) is 1. The second-order valence-electron chi connectivity index (χ2n) is 6.62. The summed E-state index contributed by atoms with van der Waals surface area (Å²) in [5.41, 5.74) is 4.94. The molecule has 0 saturated carbocycles. The first kappa shape index (κ1) is 18.7. The van der Waals surface area contributed by atoms with E-state index in [1.165, 1.54) is 0 Å². The lowest BCUT2D eigenvalue weighted by Gasteiger charge is -2.14. The molecule has 27 heavy (non-hydrogen) atoms. The average molecular weight is 364 g/mol. The second kappa shape index (κ2) is 8.54. The number of aromatic nitrogens is 1. The third kappa shape index (κ3) is 4.76. The molecule has 3 rings (SSSR count). The fraction of sp³-hybridized carbons (Fsp3) is 0.273. The number of benzene rings is 2. The predicted molar refractivity (Wildman–Crippen MR) is 105 cm³/mol. The minimum Gasteiger partial charge on any atom is -0.497 e. The van der Waals surface area contributed by atoms with Crippen LogP contribution in [0.1, 0.15) is 36.1 Å². The molecule has 5 heteroatoms. The summed E-state index contributed by atoms with van der Waals surface area (Å²) in [6.45, 7) is 4.01. The summed E-state index contributed by atoms with van der Waals surface area (Å²) in [5, 5.41) is 7.15. The van der Waals surface area contributed by atoms with Crippen molar-refractivity contribution < 1.29 is 14.1 Å². The molecule has 5 nitrogen and oxygen atoms in total. The Labute approximate surface area is 159 Å². The Morgan fingerprint density at radius 2 is 2.00 bits per heavy atom. The zero-order chi connectivity index (χ0) is 19.2. The first-order valence-corrected chi connectivity index (χ1v) is 9.00. The summed E-state index contributed by atoms with van der Waals surface area (Å²) in [4.78, 5) is 12.4. The summed E-state index contributed by atoms with van der Waals surface area (Å²) in [5.74, 6) is 0.795. The van der Waals surface area contributed by atoms with Crippen molar-refractivity contribution in [3.05, 3.63) is 71.5 Å². The summed E-state index contributed by atoms with van der Waals surface area (Å²) in [7, 11) is 1.63. The van der Waals surface area contributed by atoms with E-state index in [2.05, 4.69) is 16.5 Å². The fourth-order valence-corrected chi connectivity index (χ4v) is 3.00. The van der Waals surface area contributed by atoms with Crippen molar-refractivity contribution in [2.45, 2.75) is 32.7 Å². The van der Waals surface area contributed by atoms with Gasteiger partial charge in [-0.3, -0.25) is 4.79 Å². The topological polar surface area (TPSA) is 64.4 Å². The van der Waals surface area contributed by atoms with Gasteiger partial charge in [-0.2, -0.15) is 0 Å². The van der Waals surface area contributed by atoms with Crippen LogP contribution in [0, 0.1) is 6.92 Å². The van der Waals surface area contributed by atoms with Gasteiger partial charge in [0.25, 0.3) is 0 Å². The van der Waals surface area contributed by atoms with Crippen molar-refractivity contribution in [3.8, 4) is 17.0 Å². The van der Waals surface area contributed by atoms with Crippen LogP contribution in [-0.2, 0) is 11.2 Å². The van der Waals surface area contributed by atoms with Gasteiger partial charge < -0.3 is 14.6 Å². The van der Waals surface area contributed by atoms with Gasteiger partial charge in [0.15, 0.2) is 0 Å². The summed E-state index contributed by atoms with van der Waals surface area (Å²) in [6, 6.07) is 15.7. The van der Waals surface area contributed by atoms with Gasteiger partial charge in [0, 0.05) is 17.5 Å². The van der Waals surface area contributed by atoms with Crippen molar-refractivity contribution in [3.63, 3.8) is 0 Å². The number of aryl methyl sites for hydroxylation is 2. The molecule has 0 aliphatic rings. The molecule has 0 radical (unpaired) electrons. The van der Waals surface area contributed by atoms with E-state index in [0.29, 0.717) is 12.8 Å². The number of hydrogen-bond donors (Lipinski definition) is 1. The average Bonchev–Trinajstić information content (AvgIpc) is 3.15. The van der Waals surface area contributed by atoms with Gasteiger partial charge in [-0.25, -0.2) is 0 Å². The number of rotatable bonds is 7. The first-order valence-electron chi connectivity index (χ1n) is 9.00. The Morgan fingerprint density at radius 3 is 2.70 bits per heavy atom. The standard InChI is InChI=1S/C22H24N2O3/c1-15-5-4-6-18(13-15)22-19(14-27-24-22)9-12-21(25)23-16(2)17-7-10-20(26-3)11-8-17/h4-8,10-11,13-14,16H,9,12H2,1-3H3,(H,23,25)/t16-/m1/s1. The highest BCUT2D eigenvalue weighted by Crippen LogP contribution is 2.24. The molecule has 0 unspecified atom stereocenters. The van der Waals surface area contributed by atoms with E-state index in [-0.39, 0.29) is 11.9 Å².